The van der Waals surface area contributed by atoms with Crippen molar-refractivity contribution in [3.05, 3.63) is 65.2 Å². The average Bonchev–Trinajstić information content (AvgIpc) is 3.25. The number of hydrogen-bond donors (Lipinski definition) is 2. The Bertz CT molecular complexity index is 1170. The van der Waals surface area contributed by atoms with E-state index in [1.807, 2.05) is 12.1 Å². The highest BCUT2D eigenvalue weighted by molar-refractivity contribution is 8.01. The molecule has 0 radical (unpaired) electrons. The van der Waals surface area contributed by atoms with Gasteiger partial charge in [0.05, 0.1) is 23.6 Å². The Balaban J connectivity index is 1.54. The van der Waals surface area contributed by atoms with E-state index >= 15 is 0 Å². The zero-order valence-corrected chi connectivity index (χ0v) is 21.0. The van der Waals surface area contributed by atoms with Crippen LogP contribution in [0.5, 0.6) is 0 Å². The lowest BCUT2D eigenvalue weighted by molar-refractivity contribution is -0.113. The largest absolute Gasteiger partial charge is 0.462 e. The third kappa shape index (κ3) is 6.88. The van der Waals surface area contributed by atoms with Gasteiger partial charge in [-0.05, 0) is 42.2 Å². The van der Waals surface area contributed by atoms with Crippen molar-refractivity contribution < 1.29 is 19.1 Å². The molecule has 1 aromatic heterocycles. The predicted octanol–water partition coefficient (Wildman–Crippen LogP) is 5.00. The van der Waals surface area contributed by atoms with Crippen molar-refractivity contribution in [1.29, 1.82) is 0 Å². The molecule has 0 fully saturated rings. The lowest BCUT2D eigenvalue weighted by atomic mass is 9.87. The van der Waals surface area contributed by atoms with E-state index in [0.29, 0.717) is 26.3 Å². The van der Waals surface area contributed by atoms with Crippen LogP contribution in [-0.4, -0.2) is 40.3 Å². The first-order valence-electron chi connectivity index (χ1n) is 10.6. The van der Waals surface area contributed by atoms with Gasteiger partial charge in [0.25, 0.3) is 5.91 Å². The number of nitrogens with one attached hydrogen (secondary N) is 2. The van der Waals surface area contributed by atoms with E-state index in [-0.39, 0.29) is 29.6 Å². The lowest BCUT2D eigenvalue weighted by Crippen LogP contribution is -2.17. The van der Waals surface area contributed by atoms with Crippen LogP contribution in [-0.2, 0) is 14.9 Å². The van der Waals surface area contributed by atoms with Gasteiger partial charge in [0.15, 0.2) is 4.34 Å². The molecule has 0 aliphatic carbocycles. The third-order valence-corrected chi connectivity index (χ3v) is 6.64. The van der Waals surface area contributed by atoms with Crippen LogP contribution >= 0.6 is 23.1 Å². The number of para-hydroxylation sites is 1. The quantitative estimate of drug-likeness (QED) is 0.256. The van der Waals surface area contributed by atoms with Crippen LogP contribution in [0.4, 0.5) is 10.8 Å². The maximum absolute atomic E-state index is 12.5. The first kappa shape index (κ1) is 25.4. The summed E-state index contributed by atoms with van der Waals surface area (Å²) < 4.78 is 5.55. The first-order chi connectivity index (χ1) is 16.2. The monoisotopic (exact) mass is 498 g/mol. The maximum Gasteiger partial charge on any atom is 0.340 e. The van der Waals surface area contributed by atoms with E-state index in [2.05, 4.69) is 41.6 Å². The summed E-state index contributed by atoms with van der Waals surface area (Å²) in [6.45, 7) is 8.30. The molecule has 3 rings (SSSR count). The SMILES string of the molecule is CCOC(=O)c1ccccc1NC(=O)CSc1nnc(NC(=O)c2ccc(C(C)(C)C)cc2)s1. The Kier molecular flexibility index (Phi) is 8.41. The molecule has 0 saturated carbocycles. The van der Waals surface area contributed by atoms with Crippen LogP contribution in [0.15, 0.2) is 52.9 Å². The Labute approximate surface area is 206 Å². The minimum absolute atomic E-state index is 0.00748. The standard InChI is InChI=1S/C24H26N4O4S2/c1-5-32-21(31)17-8-6-7-9-18(17)25-19(29)14-33-23-28-27-22(34-23)26-20(30)15-10-12-16(13-11-15)24(2,3)4/h6-13H,5,14H2,1-4H3,(H,25,29)(H,26,27,30). The molecule has 2 aromatic carbocycles. The number of carbonyl (C=O) groups excluding carboxylic acids is 3. The van der Waals surface area contributed by atoms with Gasteiger partial charge in [-0.25, -0.2) is 4.79 Å². The number of nitrogens with zero attached hydrogens (tertiary/aromatic N) is 2. The van der Waals surface area contributed by atoms with Gasteiger partial charge in [0.2, 0.25) is 11.0 Å². The fraction of sp³-hybridized carbons (Fsp3) is 0.292. The highest BCUT2D eigenvalue weighted by Gasteiger charge is 2.17. The van der Waals surface area contributed by atoms with Crippen molar-refractivity contribution in [2.45, 2.75) is 37.4 Å². The number of benzene rings is 2. The van der Waals surface area contributed by atoms with Crippen LogP contribution in [0.3, 0.4) is 0 Å². The minimum Gasteiger partial charge on any atom is -0.462 e. The fourth-order valence-electron chi connectivity index (χ4n) is 2.90. The molecule has 0 spiro atoms. The zero-order valence-electron chi connectivity index (χ0n) is 19.4. The number of rotatable bonds is 8. The van der Waals surface area contributed by atoms with E-state index in [9.17, 15) is 14.4 Å². The van der Waals surface area contributed by atoms with E-state index in [1.54, 1.807) is 43.3 Å². The second-order valence-corrected chi connectivity index (χ2v) is 10.5. The summed E-state index contributed by atoms with van der Waals surface area (Å²) in [6.07, 6.45) is 0. The Morgan fingerprint density at radius 1 is 1.00 bits per heavy atom. The second kappa shape index (κ2) is 11.3. The summed E-state index contributed by atoms with van der Waals surface area (Å²) in [5.74, 6) is -1.01. The normalized spacial score (nSPS) is 11.1. The summed E-state index contributed by atoms with van der Waals surface area (Å²) in [6, 6.07) is 14.1. The number of anilines is 2. The molecule has 0 aliphatic heterocycles. The van der Waals surface area contributed by atoms with E-state index < -0.39 is 5.97 Å². The van der Waals surface area contributed by atoms with E-state index in [4.69, 9.17) is 4.74 Å². The second-order valence-electron chi connectivity index (χ2n) is 8.26. The van der Waals surface area contributed by atoms with E-state index in [0.717, 1.165) is 5.56 Å². The molecule has 1 heterocycles. The predicted molar refractivity (Wildman–Crippen MR) is 135 cm³/mol. The van der Waals surface area contributed by atoms with Gasteiger partial charge in [0, 0.05) is 5.56 Å². The van der Waals surface area contributed by atoms with Crippen LogP contribution < -0.4 is 10.6 Å². The summed E-state index contributed by atoms with van der Waals surface area (Å²) >= 11 is 2.37. The average molecular weight is 499 g/mol. The number of amides is 2. The van der Waals surface area contributed by atoms with Gasteiger partial charge < -0.3 is 10.1 Å². The highest BCUT2D eigenvalue weighted by Crippen LogP contribution is 2.27. The summed E-state index contributed by atoms with van der Waals surface area (Å²) in [4.78, 5) is 36.9. The van der Waals surface area contributed by atoms with Crippen molar-refractivity contribution in [3.63, 3.8) is 0 Å². The van der Waals surface area contributed by atoms with Crippen LogP contribution in [0, 0.1) is 0 Å². The molecular formula is C24H26N4O4S2. The third-order valence-electron chi connectivity index (χ3n) is 4.66. The van der Waals surface area contributed by atoms with Crippen LogP contribution in [0.1, 0.15) is 54.0 Å². The zero-order chi connectivity index (χ0) is 24.7. The molecular weight excluding hydrogens is 472 g/mol. The molecule has 2 amide bonds. The maximum atomic E-state index is 12.5. The molecule has 0 aliphatic rings. The van der Waals surface area contributed by atoms with Gasteiger partial charge in [-0.15, -0.1) is 10.2 Å². The van der Waals surface area contributed by atoms with Gasteiger partial charge in [0.1, 0.15) is 0 Å². The molecule has 0 bridgehead atoms. The summed E-state index contributed by atoms with van der Waals surface area (Å²) in [5, 5.41) is 13.8. The summed E-state index contributed by atoms with van der Waals surface area (Å²) in [7, 11) is 0. The number of carbonyl (C=O) groups is 3. The van der Waals surface area contributed by atoms with Gasteiger partial charge in [-0.3, -0.25) is 14.9 Å². The molecule has 10 heteroatoms. The minimum atomic E-state index is -0.497. The van der Waals surface area contributed by atoms with Crippen molar-refractivity contribution in [1.82, 2.24) is 10.2 Å². The van der Waals surface area contributed by atoms with Crippen molar-refractivity contribution in [2.24, 2.45) is 0 Å². The number of esters is 1. The smallest absolute Gasteiger partial charge is 0.340 e. The van der Waals surface area contributed by atoms with Gasteiger partial charge in [-0.2, -0.15) is 0 Å². The molecule has 178 valence electrons. The Hall–Kier alpha value is -3.24. The molecule has 8 nitrogen and oxygen atoms in total. The van der Waals surface area contributed by atoms with Crippen LogP contribution in [0.2, 0.25) is 0 Å². The number of hydrogen-bond acceptors (Lipinski definition) is 8. The molecule has 2 N–H and O–H groups in total. The lowest BCUT2D eigenvalue weighted by Gasteiger charge is -2.18. The molecule has 0 saturated heterocycles. The summed E-state index contributed by atoms with van der Waals surface area (Å²) in [5.41, 5.74) is 2.35. The topological polar surface area (TPSA) is 110 Å². The van der Waals surface area contributed by atoms with E-state index in [1.165, 1.54) is 23.1 Å². The van der Waals surface area contributed by atoms with Gasteiger partial charge in [-0.1, -0.05) is 68.1 Å². The number of aromatic nitrogens is 2. The van der Waals surface area contributed by atoms with Crippen molar-refractivity contribution in [2.75, 3.05) is 23.0 Å². The number of thioether (sulfide) groups is 1. The molecule has 34 heavy (non-hydrogen) atoms. The van der Waals surface area contributed by atoms with Crippen LogP contribution in [0.25, 0.3) is 0 Å². The highest BCUT2D eigenvalue weighted by atomic mass is 32.2. The van der Waals surface area contributed by atoms with Gasteiger partial charge >= 0.3 is 5.97 Å². The van der Waals surface area contributed by atoms with Crippen molar-refractivity contribution in [3.8, 4) is 0 Å². The fourth-order valence-corrected chi connectivity index (χ4v) is 4.45. The Morgan fingerprint density at radius 3 is 2.38 bits per heavy atom. The van der Waals surface area contributed by atoms with Crippen molar-refractivity contribution >= 4 is 51.7 Å². The molecule has 3 aromatic rings. The number of ether oxygens (including phenoxy) is 1. The first-order valence-corrected chi connectivity index (χ1v) is 12.4. The Morgan fingerprint density at radius 2 is 1.71 bits per heavy atom. The molecule has 0 unspecified atom stereocenters. The molecule has 0 atom stereocenters.